The van der Waals surface area contributed by atoms with Crippen LogP contribution in [-0.4, -0.2) is 59.5 Å². The number of alkyl halides is 3. The van der Waals surface area contributed by atoms with Crippen LogP contribution in [0.15, 0.2) is 59.6 Å². The number of halogens is 3. The molecule has 1 aliphatic carbocycles. The maximum atomic E-state index is 13.3. The van der Waals surface area contributed by atoms with Crippen LogP contribution < -0.4 is 14.1 Å². The molecule has 1 saturated carbocycles. The molecule has 1 saturated heterocycles. The van der Waals surface area contributed by atoms with Gasteiger partial charge in [0.2, 0.25) is 0 Å². The van der Waals surface area contributed by atoms with Gasteiger partial charge >= 0.3 is 218 Å². The summed E-state index contributed by atoms with van der Waals surface area (Å²) in [7, 11) is -1.86. The van der Waals surface area contributed by atoms with E-state index >= 15 is 0 Å². The summed E-state index contributed by atoms with van der Waals surface area (Å²) in [4.78, 5) is 19.1. The SMILES string of the molecule is CC1CN(c2nc(-n3ccc(OCCC4(C(F)(F)F)CC4)n3)ccc2C(=O)NSc2ccccc2)[PH](C)(C)C1. The Bertz CT molecular complexity index is 1330. The van der Waals surface area contributed by atoms with Gasteiger partial charge in [0.1, 0.15) is 0 Å². The number of nitrogens with one attached hydrogen (secondary N) is 1. The molecule has 2 aromatic heterocycles. The summed E-state index contributed by atoms with van der Waals surface area (Å²) in [6, 6.07) is 14.7. The van der Waals surface area contributed by atoms with Crippen LogP contribution in [0.5, 0.6) is 5.88 Å². The minimum absolute atomic E-state index is 0.0567. The van der Waals surface area contributed by atoms with Crippen molar-refractivity contribution < 1.29 is 22.7 Å². The molecule has 210 valence electrons. The van der Waals surface area contributed by atoms with Gasteiger partial charge in [0, 0.05) is 0 Å². The van der Waals surface area contributed by atoms with Crippen molar-refractivity contribution in [2.75, 3.05) is 37.3 Å². The molecule has 1 N–H and O–H groups in total. The fraction of sp³-hybridized carbons (Fsp3) is 0.444. The van der Waals surface area contributed by atoms with Gasteiger partial charge in [-0.3, -0.25) is 0 Å². The van der Waals surface area contributed by atoms with Gasteiger partial charge in [-0.15, -0.1) is 0 Å². The molecule has 1 aromatic carbocycles. The Labute approximate surface area is 231 Å². The third kappa shape index (κ3) is 6.04. The Hall–Kier alpha value is -2.78. The van der Waals surface area contributed by atoms with Gasteiger partial charge in [-0.1, -0.05) is 0 Å². The number of amides is 1. The molecule has 1 atom stereocenters. The second-order valence-electron chi connectivity index (χ2n) is 11.1. The molecule has 0 bridgehead atoms. The molecule has 7 nitrogen and oxygen atoms in total. The van der Waals surface area contributed by atoms with E-state index in [9.17, 15) is 18.0 Å². The molecule has 0 spiro atoms. The van der Waals surface area contributed by atoms with Crippen molar-refractivity contribution in [1.29, 1.82) is 0 Å². The Morgan fingerprint density at radius 3 is 2.56 bits per heavy atom. The molecule has 2 aliphatic rings. The van der Waals surface area contributed by atoms with Gasteiger partial charge in [0.25, 0.3) is 0 Å². The van der Waals surface area contributed by atoms with Gasteiger partial charge in [-0.25, -0.2) is 0 Å². The summed E-state index contributed by atoms with van der Waals surface area (Å²) in [6.45, 7) is 7.53. The molecule has 1 amide bonds. The molecular weight excluding hydrogens is 546 g/mol. The normalized spacial score (nSPS) is 20.5. The summed E-state index contributed by atoms with van der Waals surface area (Å²) >= 11 is 1.26. The summed E-state index contributed by atoms with van der Waals surface area (Å²) in [5.74, 6) is 1.62. The van der Waals surface area contributed by atoms with Crippen LogP contribution in [0.1, 0.15) is 36.5 Å². The summed E-state index contributed by atoms with van der Waals surface area (Å²) in [5.41, 5.74) is -1.12. The molecule has 12 heteroatoms. The monoisotopic (exact) mass is 579 g/mol. The number of carbonyl (C=O) groups excluding carboxylic acids is 1. The second kappa shape index (κ2) is 10.7. The minimum atomic E-state index is -4.20. The Morgan fingerprint density at radius 2 is 1.92 bits per heavy atom. The number of anilines is 1. The summed E-state index contributed by atoms with van der Waals surface area (Å²) in [6.07, 6.45) is -1.22. The first-order valence-electron chi connectivity index (χ1n) is 13.0. The van der Waals surface area contributed by atoms with Crippen LogP contribution in [0, 0.1) is 11.3 Å². The van der Waals surface area contributed by atoms with E-state index in [1.54, 1.807) is 24.4 Å². The van der Waals surface area contributed by atoms with E-state index in [2.05, 4.69) is 34.7 Å². The van der Waals surface area contributed by atoms with Crippen LogP contribution >= 0.6 is 19.4 Å². The van der Waals surface area contributed by atoms with Crippen molar-refractivity contribution in [2.45, 2.75) is 37.3 Å². The molecule has 2 fully saturated rings. The van der Waals surface area contributed by atoms with Gasteiger partial charge in [0.05, 0.1) is 0 Å². The Morgan fingerprint density at radius 1 is 1.18 bits per heavy atom. The predicted molar refractivity (Wildman–Crippen MR) is 150 cm³/mol. The second-order valence-corrected chi connectivity index (χ2v) is 16.5. The predicted octanol–water partition coefficient (Wildman–Crippen LogP) is 6.20. The van der Waals surface area contributed by atoms with Crippen LogP contribution in [0.25, 0.3) is 5.82 Å². The number of benzene rings is 1. The number of pyridine rings is 1. The van der Waals surface area contributed by atoms with Crippen LogP contribution in [0.3, 0.4) is 0 Å². The molecule has 0 radical (unpaired) electrons. The number of ether oxygens (including phenoxy) is 1. The zero-order valence-electron chi connectivity index (χ0n) is 22.2. The van der Waals surface area contributed by atoms with Crippen molar-refractivity contribution in [1.82, 2.24) is 19.5 Å². The third-order valence-electron chi connectivity index (χ3n) is 7.52. The standard InChI is InChI=1S/C27H33F3N5O2PS/c1-19-17-35(38(2,3)18-19)24-21(25(36)33-39-20-7-5-4-6-8-20)9-10-22(31-24)34-15-11-23(32-34)37-16-14-26(12-13-26)27(28,29)30/h4-11,15,19,38H,12-14,16-18H2,1-3H3,(H,33,36). The van der Waals surface area contributed by atoms with E-state index in [-0.39, 0.29) is 37.7 Å². The van der Waals surface area contributed by atoms with Crippen molar-refractivity contribution in [2.24, 2.45) is 11.3 Å². The van der Waals surface area contributed by atoms with E-state index in [1.165, 1.54) is 16.6 Å². The molecule has 1 aliphatic heterocycles. The Balaban J connectivity index is 1.35. The van der Waals surface area contributed by atoms with Crippen molar-refractivity contribution in [3.05, 3.63) is 60.3 Å². The molecule has 3 heterocycles. The fourth-order valence-corrected chi connectivity index (χ4v) is 9.46. The van der Waals surface area contributed by atoms with Gasteiger partial charge in [-0.05, 0) is 0 Å². The number of nitrogens with zero attached hydrogens (tertiary/aromatic N) is 4. The number of hydrogen-bond donors (Lipinski definition) is 1. The number of rotatable bonds is 9. The molecular formula is C27H33F3N5O2PS. The first-order valence-corrected chi connectivity index (χ1v) is 17.0. The van der Waals surface area contributed by atoms with Crippen molar-refractivity contribution in [3.63, 3.8) is 0 Å². The Kier molecular flexibility index (Phi) is 7.59. The first-order chi connectivity index (χ1) is 18.5. The number of aromatic nitrogens is 3. The van der Waals surface area contributed by atoms with E-state index in [1.807, 2.05) is 30.3 Å². The number of hydrogen-bond acceptors (Lipinski definition) is 6. The molecule has 5 rings (SSSR count). The van der Waals surface area contributed by atoms with Gasteiger partial charge < -0.3 is 0 Å². The first kappa shape index (κ1) is 27.8. The summed E-state index contributed by atoms with van der Waals surface area (Å²) in [5, 5.41) is 4.39. The number of carbonyl (C=O) groups is 1. The average Bonchev–Trinajstić information content (AvgIpc) is 3.46. The topological polar surface area (TPSA) is 72.3 Å². The quantitative estimate of drug-likeness (QED) is 0.241. The van der Waals surface area contributed by atoms with E-state index < -0.39 is 19.0 Å². The third-order valence-corrected chi connectivity index (χ3v) is 11.9. The molecule has 1 unspecified atom stereocenters. The van der Waals surface area contributed by atoms with E-state index in [4.69, 9.17) is 9.72 Å². The van der Waals surface area contributed by atoms with E-state index in [0.29, 0.717) is 23.1 Å². The summed E-state index contributed by atoms with van der Waals surface area (Å²) < 4.78 is 51.9. The zero-order chi connectivity index (χ0) is 27.8. The average molecular weight is 580 g/mol. The van der Waals surface area contributed by atoms with Crippen LogP contribution in [0.4, 0.5) is 19.0 Å². The maximum absolute atomic E-state index is 13.3. The molecule has 39 heavy (non-hydrogen) atoms. The van der Waals surface area contributed by atoms with Crippen molar-refractivity contribution >= 4 is 31.1 Å². The van der Waals surface area contributed by atoms with E-state index in [0.717, 1.165) is 17.6 Å². The van der Waals surface area contributed by atoms with Gasteiger partial charge in [0.15, 0.2) is 0 Å². The van der Waals surface area contributed by atoms with Crippen molar-refractivity contribution in [3.8, 4) is 11.7 Å². The van der Waals surface area contributed by atoms with Gasteiger partial charge in [-0.2, -0.15) is 13.2 Å². The van der Waals surface area contributed by atoms with Crippen LogP contribution in [-0.2, 0) is 0 Å². The fourth-order valence-electron chi connectivity index (χ4n) is 5.25. The molecule has 3 aromatic rings. The zero-order valence-corrected chi connectivity index (χ0v) is 24.0. The van der Waals surface area contributed by atoms with Crippen LogP contribution in [0.2, 0.25) is 0 Å².